The Balaban J connectivity index is 1.39. The predicted molar refractivity (Wildman–Crippen MR) is 104 cm³/mol. The normalized spacial score (nSPS) is 13.5. The van der Waals surface area contributed by atoms with Gasteiger partial charge < -0.3 is 9.47 Å². The third-order valence-electron chi connectivity index (χ3n) is 4.14. The van der Waals surface area contributed by atoms with Crippen LogP contribution >= 0.6 is 11.3 Å². The Morgan fingerprint density at radius 2 is 1.82 bits per heavy atom. The molecule has 0 bridgehead atoms. The van der Waals surface area contributed by atoms with Gasteiger partial charge in [-0.2, -0.15) is 0 Å². The Kier molecular flexibility index (Phi) is 5.29. The van der Waals surface area contributed by atoms with Crippen molar-refractivity contribution in [3.8, 4) is 22.1 Å². The molecule has 1 N–H and O–H groups in total. The topological polar surface area (TPSA) is 77.5 Å². The monoisotopic (exact) mass is 420 g/mol. The molecule has 0 saturated carbocycles. The van der Waals surface area contributed by atoms with E-state index in [1.807, 2.05) is 5.38 Å². The molecule has 0 unspecified atom stereocenters. The minimum atomic E-state index is -3.67. The van der Waals surface area contributed by atoms with Crippen LogP contribution in [-0.4, -0.2) is 33.2 Å². The average molecular weight is 420 g/mol. The Morgan fingerprint density at radius 1 is 1.07 bits per heavy atom. The van der Waals surface area contributed by atoms with E-state index in [-0.39, 0.29) is 17.3 Å². The van der Waals surface area contributed by atoms with Crippen molar-refractivity contribution in [3.63, 3.8) is 0 Å². The summed E-state index contributed by atoms with van der Waals surface area (Å²) in [5, 5.41) is 2.64. The number of aromatic nitrogens is 1. The van der Waals surface area contributed by atoms with Gasteiger partial charge in [-0.3, -0.25) is 0 Å². The summed E-state index contributed by atoms with van der Waals surface area (Å²) >= 11 is 1.44. The van der Waals surface area contributed by atoms with Crippen LogP contribution in [0.2, 0.25) is 0 Å². The molecule has 1 aliphatic heterocycles. The van der Waals surface area contributed by atoms with Crippen molar-refractivity contribution in [3.05, 3.63) is 59.4 Å². The number of nitrogens with one attached hydrogen (secondary N) is 1. The summed E-state index contributed by atoms with van der Waals surface area (Å²) < 4.78 is 51.5. The van der Waals surface area contributed by atoms with E-state index in [9.17, 15) is 12.8 Å². The smallest absolute Gasteiger partial charge is 0.240 e. The fraction of sp³-hybridized carbons (Fsp3) is 0.211. The minimum Gasteiger partial charge on any atom is -0.486 e. The maximum absolute atomic E-state index is 13.0. The Labute approximate surface area is 166 Å². The zero-order chi connectivity index (χ0) is 19.6. The van der Waals surface area contributed by atoms with Crippen LogP contribution in [-0.2, 0) is 16.4 Å². The molecule has 1 aliphatic rings. The van der Waals surface area contributed by atoms with Gasteiger partial charge in [0, 0.05) is 30.0 Å². The molecule has 4 rings (SSSR count). The first-order valence-electron chi connectivity index (χ1n) is 8.61. The van der Waals surface area contributed by atoms with E-state index in [0.717, 1.165) is 16.3 Å². The molecule has 146 valence electrons. The van der Waals surface area contributed by atoms with Crippen molar-refractivity contribution in [2.24, 2.45) is 0 Å². The lowest BCUT2D eigenvalue weighted by molar-refractivity contribution is 0.171. The molecule has 2 heterocycles. The fourth-order valence-corrected chi connectivity index (χ4v) is 4.64. The van der Waals surface area contributed by atoms with Crippen LogP contribution in [0.3, 0.4) is 0 Å². The zero-order valence-electron chi connectivity index (χ0n) is 14.7. The van der Waals surface area contributed by atoms with Crippen LogP contribution in [0.15, 0.2) is 52.7 Å². The second-order valence-electron chi connectivity index (χ2n) is 6.10. The number of hydrogen-bond acceptors (Lipinski definition) is 6. The van der Waals surface area contributed by atoms with Crippen molar-refractivity contribution < 1.29 is 22.3 Å². The van der Waals surface area contributed by atoms with Gasteiger partial charge in [-0.1, -0.05) is 0 Å². The first kappa shape index (κ1) is 18.9. The maximum atomic E-state index is 13.0. The Hall–Kier alpha value is -2.49. The number of sulfonamides is 1. The number of halogens is 1. The van der Waals surface area contributed by atoms with Gasteiger partial charge in [0.15, 0.2) is 11.5 Å². The van der Waals surface area contributed by atoms with Gasteiger partial charge in [-0.25, -0.2) is 22.5 Å². The Bertz CT molecular complexity index is 1080. The molecular formula is C19H17FN2O4S2. The van der Waals surface area contributed by atoms with Crippen LogP contribution in [0.4, 0.5) is 4.39 Å². The summed E-state index contributed by atoms with van der Waals surface area (Å²) in [4.78, 5) is 4.61. The summed E-state index contributed by atoms with van der Waals surface area (Å²) in [6, 6.07) is 10.7. The molecule has 1 aromatic heterocycles. The van der Waals surface area contributed by atoms with Gasteiger partial charge in [0.1, 0.15) is 24.0 Å². The highest BCUT2D eigenvalue weighted by Gasteiger charge is 2.19. The van der Waals surface area contributed by atoms with E-state index in [4.69, 9.17) is 9.47 Å². The molecule has 0 amide bonds. The van der Waals surface area contributed by atoms with Crippen LogP contribution in [0.1, 0.15) is 5.69 Å². The van der Waals surface area contributed by atoms with Gasteiger partial charge in [0.05, 0.1) is 10.6 Å². The predicted octanol–water partition coefficient (Wildman–Crippen LogP) is 3.24. The lowest BCUT2D eigenvalue weighted by Crippen LogP contribution is -2.26. The van der Waals surface area contributed by atoms with E-state index in [2.05, 4.69) is 9.71 Å². The van der Waals surface area contributed by atoms with Crippen LogP contribution in [0, 0.1) is 5.82 Å². The summed E-state index contributed by atoms with van der Waals surface area (Å²) in [6.45, 7) is 1.05. The van der Waals surface area contributed by atoms with Crippen molar-refractivity contribution in [1.82, 2.24) is 9.71 Å². The van der Waals surface area contributed by atoms with Crippen molar-refractivity contribution in [2.45, 2.75) is 11.3 Å². The lowest BCUT2D eigenvalue weighted by atomic mass is 10.2. The molecule has 2 aromatic carbocycles. The standard InChI is InChI=1S/C19H17FN2O4S2/c20-14-3-1-13(2-4-14)19-22-15(12-27-19)7-8-21-28(23,24)16-5-6-17-18(11-16)26-10-9-25-17/h1-6,11-12,21H,7-10H2. The zero-order valence-corrected chi connectivity index (χ0v) is 16.4. The summed E-state index contributed by atoms with van der Waals surface area (Å²) in [7, 11) is -3.67. The highest BCUT2D eigenvalue weighted by molar-refractivity contribution is 7.89. The lowest BCUT2D eigenvalue weighted by Gasteiger charge is -2.18. The van der Waals surface area contributed by atoms with E-state index < -0.39 is 10.0 Å². The SMILES string of the molecule is O=S(=O)(NCCc1csc(-c2ccc(F)cc2)n1)c1ccc2c(c1)OCCO2. The molecule has 28 heavy (non-hydrogen) atoms. The molecule has 9 heteroatoms. The first-order valence-corrected chi connectivity index (χ1v) is 11.0. The highest BCUT2D eigenvalue weighted by Crippen LogP contribution is 2.32. The number of rotatable bonds is 6. The number of ether oxygens (including phenoxy) is 2. The molecular weight excluding hydrogens is 403 g/mol. The number of nitrogens with zero attached hydrogens (tertiary/aromatic N) is 1. The first-order chi connectivity index (χ1) is 13.5. The maximum Gasteiger partial charge on any atom is 0.240 e. The second-order valence-corrected chi connectivity index (χ2v) is 8.73. The summed E-state index contributed by atoms with van der Waals surface area (Å²) in [6.07, 6.45) is 0.446. The summed E-state index contributed by atoms with van der Waals surface area (Å²) in [5.74, 6) is 0.674. The molecule has 0 fully saturated rings. The van der Waals surface area contributed by atoms with Crippen molar-refractivity contribution in [1.29, 1.82) is 0 Å². The third-order valence-corrected chi connectivity index (χ3v) is 6.54. The van der Waals surface area contributed by atoms with E-state index in [1.165, 1.54) is 35.6 Å². The number of fused-ring (bicyclic) bond motifs is 1. The van der Waals surface area contributed by atoms with Gasteiger partial charge in [-0.05, 0) is 36.4 Å². The fourth-order valence-electron chi connectivity index (χ4n) is 2.73. The molecule has 0 atom stereocenters. The molecule has 6 nitrogen and oxygen atoms in total. The van der Waals surface area contributed by atoms with E-state index >= 15 is 0 Å². The highest BCUT2D eigenvalue weighted by atomic mass is 32.2. The molecule has 0 saturated heterocycles. The molecule has 3 aromatic rings. The van der Waals surface area contributed by atoms with Gasteiger partial charge >= 0.3 is 0 Å². The van der Waals surface area contributed by atoms with Gasteiger partial charge in [0.25, 0.3) is 0 Å². The van der Waals surface area contributed by atoms with Crippen LogP contribution < -0.4 is 14.2 Å². The van der Waals surface area contributed by atoms with Crippen LogP contribution in [0.5, 0.6) is 11.5 Å². The number of hydrogen-bond donors (Lipinski definition) is 1. The van der Waals surface area contributed by atoms with Crippen LogP contribution in [0.25, 0.3) is 10.6 Å². The van der Waals surface area contributed by atoms with E-state index in [1.54, 1.807) is 18.2 Å². The number of benzene rings is 2. The Morgan fingerprint density at radius 3 is 2.61 bits per heavy atom. The largest absolute Gasteiger partial charge is 0.486 e. The van der Waals surface area contributed by atoms with Gasteiger partial charge in [-0.15, -0.1) is 11.3 Å². The number of thiazole rings is 1. The third kappa shape index (κ3) is 4.16. The van der Waals surface area contributed by atoms with Crippen molar-refractivity contribution in [2.75, 3.05) is 19.8 Å². The summed E-state index contributed by atoms with van der Waals surface area (Å²) in [5.41, 5.74) is 1.60. The van der Waals surface area contributed by atoms with Crippen molar-refractivity contribution >= 4 is 21.4 Å². The van der Waals surface area contributed by atoms with E-state index in [0.29, 0.717) is 31.1 Å². The molecule has 0 radical (unpaired) electrons. The quantitative estimate of drug-likeness (QED) is 0.663. The molecule has 0 aliphatic carbocycles. The second kappa shape index (κ2) is 7.86. The molecule has 0 spiro atoms. The average Bonchev–Trinajstić information content (AvgIpc) is 3.17. The minimum absolute atomic E-state index is 0.127. The van der Waals surface area contributed by atoms with Gasteiger partial charge in [0.2, 0.25) is 10.0 Å².